The van der Waals surface area contributed by atoms with E-state index in [1.54, 1.807) is 12.1 Å². The molecule has 0 aliphatic rings. The average molecular weight is 288 g/mol. The third-order valence-electron chi connectivity index (χ3n) is 3.20. The first kappa shape index (κ1) is 14.6. The van der Waals surface area contributed by atoms with E-state index in [4.69, 9.17) is 11.6 Å². The molecule has 0 radical (unpaired) electrons. The Morgan fingerprint density at radius 2 is 1.75 bits per heavy atom. The molecule has 2 aromatic carbocycles. The number of hydrogen-bond donors (Lipinski definition) is 1. The van der Waals surface area contributed by atoms with Crippen molar-refractivity contribution >= 4 is 17.5 Å². The molecule has 1 atom stereocenters. The second-order valence-corrected chi connectivity index (χ2v) is 5.29. The molecule has 0 bridgehead atoms. The molecule has 2 nitrogen and oxygen atoms in total. The fourth-order valence-electron chi connectivity index (χ4n) is 2.05. The third kappa shape index (κ3) is 4.10. The zero-order valence-electron chi connectivity index (χ0n) is 11.5. The second kappa shape index (κ2) is 7.11. The number of halogens is 1. The van der Waals surface area contributed by atoms with Crippen LogP contribution in [-0.2, 0) is 6.42 Å². The van der Waals surface area contributed by atoms with Gasteiger partial charge in [0, 0.05) is 6.04 Å². The van der Waals surface area contributed by atoms with Crippen molar-refractivity contribution in [2.24, 2.45) is 0 Å². The van der Waals surface area contributed by atoms with Crippen LogP contribution in [0.2, 0.25) is 5.02 Å². The van der Waals surface area contributed by atoms with Crippen LogP contribution in [0.5, 0.6) is 0 Å². The van der Waals surface area contributed by atoms with Gasteiger partial charge in [0.25, 0.3) is 5.91 Å². The summed E-state index contributed by atoms with van der Waals surface area (Å²) in [5.74, 6) is -0.115. The van der Waals surface area contributed by atoms with Crippen molar-refractivity contribution < 1.29 is 4.79 Å². The Labute approximate surface area is 124 Å². The minimum Gasteiger partial charge on any atom is -0.350 e. The Balaban J connectivity index is 1.87. The van der Waals surface area contributed by atoms with Gasteiger partial charge in [-0.25, -0.2) is 0 Å². The molecule has 0 fully saturated rings. The maximum atomic E-state index is 12.1. The van der Waals surface area contributed by atoms with Gasteiger partial charge in [-0.05, 0) is 37.5 Å². The van der Waals surface area contributed by atoms with Crippen LogP contribution in [0.4, 0.5) is 0 Å². The number of rotatable bonds is 5. The lowest BCUT2D eigenvalue weighted by Gasteiger charge is -2.14. The molecule has 0 aliphatic heterocycles. The van der Waals surface area contributed by atoms with Crippen molar-refractivity contribution in [2.45, 2.75) is 25.8 Å². The van der Waals surface area contributed by atoms with Gasteiger partial charge in [-0.1, -0.05) is 54.1 Å². The zero-order valence-corrected chi connectivity index (χ0v) is 12.2. The Kier molecular flexibility index (Phi) is 5.19. The van der Waals surface area contributed by atoms with Crippen molar-refractivity contribution in [1.82, 2.24) is 5.32 Å². The van der Waals surface area contributed by atoms with Crippen molar-refractivity contribution in [3.05, 3.63) is 70.7 Å². The maximum absolute atomic E-state index is 12.1. The Morgan fingerprint density at radius 3 is 2.45 bits per heavy atom. The number of hydrogen-bond acceptors (Lipinski definition) is 1. The molecule has 0 heterocycles. The summed E-state index contributed by atoms with van der Waals surface area (Å²) >= 11 is 6.01. The highest BCUT2D eigenvalue weighted by atomic mass is 35.5. The molecule has 0 unspecified atom stereocenters. The van der Waals surface area contributed by atoms with E-state index in [1.165, 1.54) is 5.56 Å². The van der Waals surface area contributed by atoms with Gasteiger partial charge >= 0.3 is 0 Å². The average Bonchev–Trinajstić information content (AvgIpc) is 2.46. The van der Waals surface area contributed by atoms with Crippen molar-refractivity contribution in [1.29, 1.82) is 0 Å². The molecule has 2 aromatic rings. The minimum absolute atomic E-state index is 0.110. The minimum atomic E-state index is -0.115. The van der Waals surface area contributed by atoms with E-state index in [9.17, 15) is 4.79 Å². The van der Waals surface area contributed by atoms with Gasteiger partial charge in [-0.15, -0.1) is 0 Å². The van der Waals surface area contributed by atoms with Gasteiger partial charge in [-0.2, -0.15) is 0 Å². The Hall–Kier alpha value is -1.80. The van der Waals surface area contributed by atoms with E-state index in [2.05, 4.69) is 17.4 Å². The topological polar surface area (TPSA) is 29.1 Å². The van der Waals surface area contributed by atoms with Gasteiger partial charge in [-0.3, -0.25) is 4.79 Å². The standard InChI is InChI=1S/C17H18ClNO/c1-13(11-12-14-7-3-2-4-8-14)19-17(20)15-9-5-6-10-16(15)18/h2-10,13H,11-12H2,1H3,(H,19,20)/t13-/m1/s1. The summed E-state index contributed by atoms with van der Waals surface area (Å²) in [7, 11) is 0. The summed E-state index contributed by atoms with van der Waals surface area (Å²) in [5.41, 5.74) is 1.81. The summed E-state index contributed by atoms with van der Waals surface area (Å²) in [6, 6.07) is 17.5. The molecule has 2 rings (SSSR count). The van der Waals surface area contributed by atoms with Crippen molar-refractivity contribution in [3.63, 3.8) is 0 Å². The molecule has 1 amide bonds. The molecule has 3 heteroatoms. The van der Waals surface area contributed by atoms with E-state index in [0.717, 1.165) is 12.8 Å². The number of carbonyl (C=O) groups excluding carboxylic acids is 1. The number of amides is 1. The number of benzene rings is 2. The molecular formula is C17H18ClNO. The van der Waals surface area contributed by atoms with E-state index in [0.29, 0.717) is 10.6 Å². The van der Waals surface area contributed by atoms with E-state index in [1.807, 2.05) is 37.3 Å². The van der Waals surface area contributed by atoms with Crippen LogP contribution in [-0.4, -0.2) is 11.9 Å². The van der Waals surface area contributed by atoms with Gasteiger partial charge in [0.2, 0.25) is 0 Å². The van der Waals surface area contributed by atoms with Crippen LogP contribution < -0.4 is 5.32 Å². The first-order chi connectivity index (χ1) is 9.66. The molecule has 20 heavy (non-hydrogen) atoms. The fraction of sp³-hybridized carbons (Fsp3) is 0.235. The Morgan fingerprint density at radius 1 is 1.10 bits per heavy atom. The lowest BCUT2D eigenvalue weighted by Crippen LogP contribution is -2.33. The molecule has 0 saturated heterocycles. The van der Waals surface area contributed by atoms with Gasteiger partial charge in [0.05, 0.1) is 10.6 Å². The van der Waals surface area contributed by atoms with E-state index < -0.39 is 0 Å². The first-order valence-electron chi connectivity index (χ1n) is 6.76. The van der Waals surface area contributed by atoms with Crippen LogP contribution in [0.25, 0.3) is 0 Å². The quantitative estimate of drug-likeness (QED) is 0.882. The highest BCUT2D eigenvalue weighted by Crippen LogP contribution is 2.15. The smallest absolute Gasteiger partial charge is 0.252 e. The van der Waals surface area contributed by atoms with Gasteiger partial charge < -0.3 is 5.32 Å². The molecule has 0 spiro atoms. The zero-order chi connectivity index (χ0) is 14.4. The van der Waals surface area contributed by atoms with Crippen LogP contribution in [0.3, 0.4) is 0 Å². The van der Waals surface area contributed by atoms with Crippen LogP contribution in [0.15, 0.2) is 54.6 Å². The summed E-state index contributed by atoms with van der Waals surface area (Å²) < 4.78 is 0. The van der Waals surface area contributed by atoms with Crippen LogP contribution in [0, 0.1) is 0 Å². The first-order valence-corrected chi connectivity index (χ1v) is 7.14. The second-order valence-electron chi connectivity index (χ2n) is 4.88. The van der Waals surface area contributed by atoms with E-state index in [-0.39, 0.29) is 11.9 Å². The highest BCUT2D eigenvalue weighted by Gasteiger charge is 2.12. The maximum Gasteiger partial charge on any atom is 0.252 e. The molecule has 0 aliphatic carbocycles. The van der Waals surface area contributed by atoms with Crippen molar-refractivity contribution in [3.8, 4) is 0 Å². The summed E-state index contributed by atoms with van der Waals surface area (Å²) in [4.78, 5) is 12.1. The molecular weight excluding hydrogens is 270 g/mol. The number of carbonyl (C=O) groups is 1. The highest BCUT2D eigenvalue weighted by molar-refractivity contribution is 6.33. The lowest BCUT2D eigenvalue weighted by atomic mass is 10.1. The fourth-order valence-corrected chi connectivity index (χ4v) is 2.27. The Bertz CT molecular complexity index is 568. The van der Waals surface area contributed by atoms with Crippen LogP contribution >= 0.6 is 11.6 Å². The molecule has 104 valence electrons. The molecule has 0 aromatic heterocycles. The van der Waals surface area contributed by atoms with Gasteiger partial charge in [0.15, 0.2) is 0 Å². The van der Waals surface area contributed by atoms with E-state index >= 15 is 0 Å². The largest absolute Gasteiger partial charge is 0.350 e. The number of aryl methyl sites for hydroxylation is 1. The number of nitrogens with one attached hydrogen (secondary N) is 1. The van der Waals surface area contributed by atoms with Crippen molar-refractivity contribution in [2.75, 3.05) is 0 Å². The normalized spacial score (nSPS) is 11.9. The summed E-state index contributed by atoms with van der Waals surface area (Å²) in [5, 5.41) is 3.47. The summed E-state index contributed by atoms with van der Waals surface area (Å²) in [6.07, 6.45) is 1.85. The third-order valence-corrected chi connectivity index (χ3v) is 3.53. The molecule has 0 saturated carbocycles. The van der Waals surface area contributed by atoms with Crippen LogP contribution in [0.1, 0.15) is 29.3 Å². The predicted molar refractivity (Wildman–Crippen MR) is 83.1 cm³/mol. The van der Waals surface area contributed by atoms with Gasteiger partial charge in [0.1, 0.15) is 0 Å². The SMILES string of the molecule is C[C@H](CCc1ccccc1)NC(=O)c1ccccc1Cl. The summed E-state index contributed by atoms with van der Waals surface area (Å²) in [6.45, 7) is 2.01. The lowest BCUT2D eigenvalue weighted by molar-refractivity contribution is 0.0938. The monoisotopic (exact) mass is 287 g/mol. The predicted octanol–water partition coefficient (Wildman–Crippen LogP) is 4.09. The molecule has 1 N–H and O–H groups in total.